The second kappa shape index (κ2) is 6.91. The van der Waals surface area contributed by atoms with Gasteiger partial charge < -0.3 is 9.73 Å². The number of carbonyl (C=O) groups is 1. The van der Waals surface area contributed by atoms with E-state index in [1.165, 1.54) is 6.08 Å². The van der Waals surface area contributed by atoms with Crippen LogP contribution in [0, 0.1) is 0 Å². The molecule has 1 aromatic carbocycles. The molecule has 1 amide bonds. The summed E-state index contributed by atoms with van der Waals surface area (Å²) in [7, 11) is 0. The number of carbonyl (C=O) groups excluding carboxylic acids is 1. The van der Waals surface area contributed by atoms with Crippen LogP contribution in [-0.2, 0) is 11.3 Å². The first-order valence-electron chi connectivity index (χ1n) is 6.95. The van der Waals surface area contributed by atoms with E-state index in [0.29, 0.717) is 6.54 Å². The highest BCUT2D eigenvalue weighted by Crippen LogP contribution is 2.26. The minimum atomic E-state index is -0.141. The molecule has 0 radical (unpaired) electrons. The highest BCUT2D eigenvalue weighted by molar-refractivity contribution is 7.13. The van der Waals surface area contributed by atoms with Crippen LogP contribution in [-0.4, -0.2) is 5.91 Å². The lowest BCUT2D eigenvalue weighted by Crippen LogP contribution is -2.19. The van der Waals surface area contributed by atoms with Crippen molar-refractivity contribution in [1.82, 2.24) is 5.32 Å². The molecule has 3 aromatic rings. The molecule has 0 bridgehead atoms. The third kappa shape index (κ3) is 3.74. The summed E-state index contributed by atoms with van der Waals surface area (Å²) in [6, 6.07) is 17.5. The summed E-state index contributed by atoms with van der Waals surface area (Å²) >= 11 is 1.63. The Balaban J connectivity index is 1.54. The Kier molecular flexibility index (Phi) is 4.51. The van der Waals surface area contributed by atoms with Crippen molar-refractivity contribution in [3.8, 4) is 10.6 Å². The Morgan fingerprint density at radius 1 is 1.09 bits per heavy atom. The van der Waals surface area contributed by atoms with Crippen LogP contribution in [0.25, 0.3) is 16.7 Å². The lowest BCUT2D eigenvalue weighted by Gasteiger charge is -1.99. The average molecular weight is 309 g/mol. The van der Waals surface area contributed by atoms with Gasteiger partial charge in [0.05, 0.1) is 11.4 Å². The zero-order valence-corrected chi connectivity index (χ0v) is 12.7. The van der Waals surface area contributed by atoms with Gasteiger partial charge in [0.15, 0.2) is 0 Å². The van der Waals surface area contributed by atoms with Gasteiger partial charge in [0.2, 0.25) is 5.91 Å². The van der Waals surface area contributed by atoms with E-state index in [2.05, 4.69) is 5.32 Å². The van der Waals surface area contributed by atoms with Crippen LogP contribution in [0.3, 0.4) is 0 Å². The van der Waals surface area contributed by atoms with E-state index in [1.807, 2.05) is 60.0 Å². The number of furan rings is 1. The first-order chi connectivity index (χ1) is 10.8. The minimum Gasteiger partial charge on any atom is -0.458 e. The van der Waals surface area contributed by atoms with Gasteiger partial charge in [0.1, 0.15) is 11.5 Å². The third-order valence-electron chi connectivity index (χ3n) is 3.09. The molecule has 4 heteroatoms. The molecule has 1 N–H and O–H groups in total. The maximum Gasteiger partial charge on any atom is 0.244 e. The molecule has 0 saturated carbocycles. The molecule has 110 valence electrons. The standard InChI is InChI=1S/C18H15NO2S/c20-18(11-8-14-5-2-1-3-6-14)19-13-15-9-10-16(21-15)17-7-4-12-22-17/h1-12H,13H2,(H,19,20). The molecular weight excluding hydrogens is 294 g/mol. The second-order valence-electron chi connectivity index (χ2n) is 4.71. The van der Waals surface area contributed by atoms with Crippen molar-refractivity contribution in [1.29, 1.82) is 0 Å². The number of benzene rings is 1. The predicted octanol–water partition coefficient (Wildman–Crippen LogP) is 4.34. The van der Waals surface area contributed by atoms with Gasteiger partial charge in [0.25, 0.3) is 0 Å². The maximum atomic E-state index is 11.8. The predicted molar refractivity (Wildman–Crippen MR) is 89.3 cm³/mol. The smallest absolute Gasteiger partial charge is 0.244 e. The van der Waals surface area contributed by atoms with Crippen LogP contribution in [0.15, 0.2) is 70.5 Å². The molecule has 2 aromatic heterocycles. The number of thiophene rings is 1. The molecule has 22 heavy (non-hydrogen) atoms. The quantitative estimate of drug-likeness (QED) is 0.712. The van der Waals surface area contributed by atoms with Gasteiger partial charge in [-0.2, -0.15) is 0 Å². The summed E-state index contributed by atoms with van der Waals surface area (Å²) in [6.45, 7) is 0.378. The fourth-order valence-corrected chi connectivity index (χ4v) is 2.68. The van der Waals surface area contributed by atoms with Crippen molar-refractivity contribution in [2.75, 3.05) is 0 Å². The normalized spacial score (nSPS) is 10.9. The average Bonchev–Trinajstić information content (AvgIpc) is 3.22. The van der Waals surface area contributed by atoms with E-state index in [1.54, 1.807) is 17.4 Å². The molecule has 0 aliphatic carbocycles. The monoisotopic (exact) mass is 309 g/mol. The Hall–Kier alpha value is -2.59. The van der Waals surface area contributed by atoms with E-state index in [0.717, 1.165) is 22.0 Å². The number of hydrogen-bond donors (Lipinski definition) is 1. The molecule has 0 unspecified atom stereocenters. The molecule has 0 spiro atoms. The summed E-state index contributed by atoms with van der Waals surface area (Å²) in [6.07, 6.45) is 3.31. The Morgan fingerprint density at radius 3 is 2.73 bits per heavy atom. The Bertz CT molecular complexity index is 758. The van der Waals surface area contributed by atoms with E-state index >= 15 is 0 Å². The maximum absolute atomic E-state index is 11.8. The molecule has 0 fully saturated rings. The molecule has 0 aliphatic heterocycles. The van der Waals surface area contributed by atoms with E-state index in [9.17, 15) is 4.79 Å². The van der Waals surface area contributed by atoms with E-state index in [-0.39, 0.29) is 5.91 Å². The van der Waals surface area contributed by atoms with Crippen LogP contribution in [0.1, 0.15) is 11.3 Å². The van der Waals surface area contributed by atoms with Gasteiger partial charge in [-0.3, -0.25) is 4.79 Å². The van der Waals surface area contributed by atoms with Gasteiger partial charge in [-0.1, -0.05) is 36.4 Å². The van der Waals surface area contributed by atoms with Gasteiger partial charge in [-0.05, 0) is 35.2 Å². The van der Waals surface area contributed by atoms with Gasteiger partial charge in [-0.15, -0.1) is 11.3 Å². The highest BCUT2D eigenvalue weighted by atomic mass is 32.1. The lowest BCUT2D eigenvalue weighted by molar-refractivity contribution is -0.116. The third-order valence-corrected chi connectivity index (χ3v) is 3.97. The Labute approximate surface area is 132 Å². The zero-order chi connectivity index (χ0) is 15.2. The highest BCUT2D eigenvalue weighted by Gasteiger charge is 2.06. The fraction of sp³-hybridized carbons (Fsp3) is 0.0556. The van der Waals surface area contributed by atoms with Crippen molar-refractivity contribution in [2.45, 2.75) is 6.54 Å². The topological polar surface area (TPSA) is 42.2 Å². The van der Waals surface area contributed by atoms with E-state index < -0.39 is 0 Å². The second-order valence-corrected chi connectivity index (χ2v) is 5.65. The van der Waals surface area contributed by atoms with Crippen LogP contribution < -0.4 is 5.32 Å². The van der Waals surface area contributed by atoms with E-state index in [4.69, 9.17) is 4.42 Å². The van der Waals surface area contributed by atoms with Gasteiger partial charge >= 0.3 is 0 Å². The summed E-state index contributed by atoms with van der Waals surface area (Å²) in [4.78, 5) is 12.9. The van der Waals surface area contributed by atoms with Crippen molar-refractivity contribution in [3.05, 3.63) is 77.4 Å². The lowest BCUT2D eigenvalue weighted by atomic mass is 10.2. The number of rotatable bonds is 5. The molecule has 0 atom stereocenters. The Morgan fingerprint density at radius 2 is 1.95 bits per heavy atom. The van der Waals surface area contributed by atoms with Crippen LogP contribution in [0.4, 0.5) is 0 Å². The SMILES string of the molecule is O=C(C=Cc1ccccc1)NCc1ccc(-c2cccs2)o1. The first-order valence-corrected chi connectivity index (χ1v) is 7.83. The van der Waals surface area contributed by atoms with Crippen LogP contribution in [0.5, 0.6) is 0 Å². The fourth-order valence-electron chi connectivity index (χ4n) is 1.99. The molecule has 2 heterocycles. The number of nitrogens with one attached hydrogen (secondary N) is 1. The minimum absolute atomic E-state index is 0.141. The molecular formula is C18H15NO2S. The van der Waals surface area contributed by atoms with Gasteiger partial charge in [-0.25, -0.2) is 0 Å². The number of hydrogen-bond acceptors (Lipinski definition) is 3. The summed E-state index contributed by atoms with van der Waals surface area (Å²) < 4.78 is 5.71. The largest absolute Gasteiger partial charge is 0.458 e. The zero-order valence-electron chi connectivity index (χ0n) is 11.9. The summed E-state index contributed by atoms with van der Waals surface area (Å²) in [5.74, 6) is 1.43. The molecule has 3 rings (SSSR count). The van der Waals surface area contributed by atoms with Crippen LogP contribution >= 0.6 is 11.3 Å². The van der Waals surface area contributed by atoms with Crippen molar-refractivity contribution in [3.63, 3.8) is 0 Å². The van der Waals surface area contributed by atoms with Gasteiger partial charge in [0, 0.05) is 6.08 Å². The number of amides is 1. The van der Waals surface area contributed by atoms with Crippen LogP contribution in [0.2, 0.25) is 0 Å². The van der Waals surface area contributed by atoms with Crippen molar-refractivity contribution >= 4 is 23.3 Å². The molecule has 0 saturated heterocycles. The van der Waals surface area contributed by atoms with Crippen molar-refractivity contribution < 1.29 is 9.21 Å². The summed E-state index contributed by atoms with van der Waals surface area (Å²) in [5.41, 5.74) is 0.996. The van der Waals surface area contributed by atoms with Crippen molar-refractivity contribution in [2.24, 2.45) is 0 Å². The molecule has 0 aliphatic rings. The summed E-state index contributed by atoms with van der Waals surface area (Å²) in [5, 5.41) is 4.82. The first kappa shape index (κ1) is 14.4. The molecule has 3 nitrogen and oxygen atoms in total.